The van der Waals surface area contributed by atoms with Crippen LogP contribution in [0.2, 0.25) is 0 Å². The molecule has 0 amide bonds. The highest BCUT2D eigenvalue weighted by atomic mass is 16.7. The van der Waals surface area contributed by atoms with E-state index in [9.17, 15) is 5.11 Å². The van der Waals surface area contributed by atoms with Crippen molar-refractivity contribution in [2.24, 2.45) is 0 Å². The van der Waals surface area contributed by atoms with Crippen molar-refractivity contribution in [3.05, 3.63) is 35.9 Å². The third-order valence-corrected chi connectivity index (χ3v) is 3.63. The topological polar surface area (TPSA) is 41.9 Å². The van der Waals surface area contributed by atoms with E-state index < -0.39 is 5.79 Å². The molecule has 0 radical (unpaired) electrons. The van der Waals surface area contributed by atoms with Crippen LogP contribution in [0.3, 0.4) is 0 Å². The lowest BCUT2D eigenvalue weighted by Crippen LogP contribution is -2.53. The molecule has 2 atom stereocenters. The van der Waals surface area contributed by atoms with Crippen LogP contribution in [-0.4, -0.2) is 48.5 Å². The highest BCUT2D eigenvalue weighted by molar-refractivity contribution is 5.20. The van der Waals surface area contributed by atoms with E-state index in [0.717, 1.165) is 25.2 Å². The van der Waals surface area contributed by atoms with Crippen LogP contribution < -0.4 is 0 Å². The van der Waals surface area contributed by atoms with Gasteiger partial charge in [-0.05, 0) is 6.92 Å². The standard InChI is InChI=1S/C14H19NO3/c1-14(11-5-3-2-4-6-11)17-10-13(18-14)9-15-7-12(16)8-15/h2-6,12-13,16H,7-10H2,1H3. The number of likely N-dealkylation sites (tertiary alicyclic amines) is 1. The van der Waals surface area contributed by atoms with Crippen LogP contribution >= 0.6 is 0 Å². The number of hydrogen-bond donors (Lipinski definition) is 1. The van der Waals surface area contributed by atoms with Gasteiger partial charge in [-0.2, -0.15) is 0 Å². The summed E-state index contributed by atoms with van der Waals surface area (Å²) in [5.41, 5.74) is 1.05. The summed E-state index contributed by atoms with van der Waals surface area (Å²) in [5, 5.41) is 9.26. The average Bonchev–Trinajstić information content (AvgIpc) is 2.72. The van der Waals surface area contributed by atoms with Gasteiger partial charge >= 0.3 is 0 Å². The van der Waals surface area contributed by atoms with E-state index in [4.69, 9.17) is 9.47 Å². The predicted octanol–water partition coefficient (Wildman–Crippen LogP) is 0.951. The van der Waals surface area contributed by atoms with E-state index in [1.165, 1.54) is 0 Å². The molecule has 18 heavy (non-hydrogen) atoms. The zero-order valence-corrected chi connectivity index (χ0v) is 10.6. The van der Waals surface area contributed by atoms with Gasteiger partial charge in [0.15, 0.2) is 5.79 Å². The second-order valence-corrected chi connectivity index (χ2v) is 5.23. The quantitative estimate of drug-likeness (QED) is 0.866. The Morgan fingerprint density at radius 2 is 2.06 bits per heavy atom. The van der Waals surface area contributed by atoms with Gasteiger partial charge in [-0.25, -0.2) is 0 Å². The maximum Gasteiger partial charge on any atom is 0.192 e. The highest BCUT2D eigenvalue weighted by Gasteiger charge is 2.40. The normalized spacial score (nSPS) is 33.6. The molecule has 2 unspecified atom stereocenters. The maximum atomic E-state index is 9.26. The van der Waals surface area contributed by atoms with Crippen molar-refractivity contribution in [2.45, 2.75) is 24.9 Å². The summed E-state index contributed by atoms with van der Waals surface area (Å²) in [5.74, 6) is -0.630. The Morgan fingerprint density at radius 1 is 1.33 bits per heavy atom. The van der Waals surface area contributed by atoms with Crippen LogP contribution in [0.1, 0.15) is 12.5 Å². The van der Waals surface area contributed by atoms with Gasteiger partial charge < -0.3 is 14.6 Å². The first-order valence-electron chi connectivity index (χ1n) is 6.43. The third kappa shape index (κ3) is 2.29. The minimum absolute atomic E-state index is 0.0858. The molecule has 3 rings (SSSR count). The molecule has 0 aromatic heterocycles. The lowest BCUT2D eigenvalue weighted by atomic mass is 10.1. The van der Waals surface area contributed by atoms with Crippen LogP contribution in [0.5, 0.6) is 0 Å². The number of rotatable bonds is 3. The Labute approximate surface area is 107 Å². The minimum atomic E-state index is -0.630. The monoisotopic (exact) mass is 249 g/mol. The van der Waals surface area contributed by atoms with Gasteiger partial charge in [0.2, 0.25) is 0 Å². The molecule has 0 aliphatic carbocycles. The molecule has 2 aliphatic heterocycles. The van der Waals surface area contributed by atoms with Crippen molar-refractivity contribution in [3.63, 3.8) is 0 Å². The fourth-order valence-corrected chi connectivity index (χ4v) is 2.60. The van der Waals surface area contributed by atoms with Crippen molar-refractivity contribution in [1.82, 2.24) is 4.90 Å². The Bertz CT molecular complexity index is 405. The number of benzene rings is 1. The molecule has 2 fully saturated rings. The van der Waals surface area contributed by atoms with Crippen molar-refractivity contribution < 1.29 is 14.6 Å². The van der Waals surface area contributed by atoms with Gasteiger partial charge in [-0.1, -0.05) is 30.3 Å². The molecule has 2 heterocycles. The lowest BCUT2D eigenvalue weighted by Gasteiger charge is -2.37. The van der Waals surface area contributed by atoms with E-state index in [1.54, 1.807) is 0 Å². The minimum Gasteiger partial charge on any atom is -0.390 e. The first kappa shape index (κ1) is 12.1. The first-order valence-corrected chi connectivity index (χ1v) is 6.43. The van der Waals surface area contributed by atoms with Crippen LogP contribution in [0, 0.1) is 0 Å². The van der Waals surface area contributed by atoms with Gasteiger partial charge in [0.05, 0.1) is 18.8 Å². The lowest BCUT2D eigenvalue weighted by molar-refractivity contribution is -0.165. The molecule has 1 N–H and O–H groups in total. The number of hydrogen-bond acceptors (Lipinski definition) is 4. The van der Waals surface area contributed by atoms with Crippen LogP contribution in [0.4, 0.5) is 0 Å². The second kappa shape index (κ2) is 4.63. The molecular formula is C14H19NO3. The summed E-state index contributed by atoms with van der Waals surface area (Å²) < 4.78 is 11.9. The van der Waals surface area contributed by atoms with Crippen molar-refractivity contribution >= 4 is 0 Å². The molecule has 1 aromatic carbocycles. The second-order valence-electron chi connectivity index (χ2n) is 5.23. The number of ether oxygens (including phenoxy) is 2. The molecular weight excluding hydrogens is 230 g/mol. The summed E-state index contributed by atoms with van der Waals surface area (Å²) >= 11 is 0. The van der Waals surface area contributed by atoms with E-state index in [1.807, 2.05) is 37.3 Å². The SMILES string of the molecule is CC1(c2ccccc2)OCC(CN2CC(O)C2)O1. The average molecular weight is 249 g/mol. The summed E-state index contributed by atoms with van der Waals surface area (Å²) in [6.07, 6.45) is -0.0736. The molecule has 2 aliphatic rings. The summed E-state index contributed by atoms with van der Waals surface area (Å²) in [6.45, 7) is 4.91. The molecule has 4 heteroatoms. The molecule has 0 spiro atoms. The smallest absolute Gasteiger partial charge is 0.192 e. The van der Waals surface area contributed by atoms with Gasteiger partial charge in [0.1, 0.15) is 0 Å². The molecule has 0 saturated carbocycles. The molecule has 1 aromatic rings. The third-order valence-electron chi connectivity index (χ3n) is 3.63. The maximum absolute atomic E-state index is 9.26. The van der Waals surface area contributed by atoms with Crippen molar-refractivity contribution in [3.8, 4) is 0 Å². The molecule has 4 nitrogen and oxygen atoms in total. The van der Waals surface area contributed by atoms with Crippen LogP contribution in [-0.2, 0) is 15.3 Å². The fourth-order valence-electron chi connectivity index (χ4n) is 2.60. The Hall–Kier alpha value is -0.940. The predicted molar refractivity (Wildman–Crippen MR) is 67.1 cm³/mol. The van der Waals surface area contributed by atoms with E-state index in [-0.39, 0.29) is 12.2 Å². The number of nitrogens with zero attached hydrogens (tertiary/aromatic N) is 1. The Balaban J connectivity index is 1.60. The Morgan fingerprint density at radius 3 is 2.72 bits per heavy atom. The largest absolute Gasteiger partial charge is 0.390 e. The van der Waals surface area contributed by atoms with Gasteiger partial charge in [0, 0.05) is 25.2 Å². The molecule has 2 saturated heterocycles. The number of aliphatic hydroxyl groups excluding tert-OH is 1. The van der Waals surface area contributed by atoms with Crippen molar-refractivity contribution in [1.29, 1.82) is 0 Å². The highest BCUT2D eigenvalue weighted by Crippen LogP contribution is 2.34. The summed E-state index contributed by atoms with van der Waals surface area (Å²) in [6, 6.07) is 10.0. The first-order chi connectivity index (χ1) is 8.66. The van der Waals surface area contributed by atoms with E-state index >= 15 is 0 Å². The summed E-state index contributed by atoms with van der Waals surface area (Å²) in [4.78, 5) is 2.19. The van der Waals surface area contributed by atoms with Crippen LogP contribution in [0.15, 0.2) is 30.3 Å². The number of β-amino-alcohol motifs (C(OH)–C–C–N with tert-alkyl or cyclic N) is 1. The zero-order valence-electron chi connectivity index (χ0n) is 10.6. The van der Waals surface area contributed by atoms with Gasteiger partial charge in [0.25, 0.3) is 0 Å². The molecule has 98 valence electrons. The Kier molecular flexibility index (Phi) is 3.11. The van der Waals surface area contributed by atoms with Crippen molar-refractivity contribution in [2.75, 3.05) is 26.2 Å². The molecule has 0 bridgehead atoms. The zero-order chi connectivity index (χ0) is 12.6. The fraction of sp³-hybridized carbons (Fsp3) is 0.571. The number of aliphatic hydroxyl groups is 1. The van der Waals surface area contributed by atoms with E-state index in [0.29, 0.717) is 6.61 Å². The van der Waals surface area contributed by atoms with Gasteiger partial charge in [-0.15, -0.1) is 0 Å². The van der Waals surface area contributed by atoms with Gasteiger partial charge in [-0.3, -0.25) is 4.90 Å². The van der Waals surface area contributed by atoms with Crippen LogP contribution in [0.25, 0.3) is 0 Å². The van der Waals surface area contributed by atoms with E-state index in [2.05, 4.69) is 4.90 Å². The summed E-state index contributed by atoms with van der Waals surface area (Å²) in [7, 11) is 0.